The summed E-state index contributed by atoms with van der Waals surface area (Å²) >= 11 is 0. The van der Waals surface area contributed by atoms with Crippen molar-refractivity contribution in [3.63, 3.8) is 0 Å². The maximum Gasteiger partial charge on any atom is 0.159 e. The number of allylic oxidation sites excluding steroid dienone is 5. The van der Waals surface area contributed by atoms with Crippen LogP contribution in [0.1, 0.15) is 58.8 Å². The number of nitrogens with zero attached hydrogens (tertiary/aromatic N) is 1. The van der Waals surface area contributed by atoms with Crippen molar-refractivity contribution in [1.29, 1.82) is 5.26 Å². The predicted octanol–water partition coefficient (Wildman–Crippen LogP) is 4.25. The summed E-state index contributed by atoms with van der Waals surface area (Å²) in [4.78, 5) is 12.1. The first kappa shape index (κ1) is 16.8. The number of rotatable bonds is 2. The van der Waals surface area contributed by atoms with Crippen molar-refractivity contribution in [2.45, 2.75) is 64.4 Å². The largest absolute Gasteiger partial charge is 0.388 e. The maximum absolute atomic E-state index is 12.1. The van der Waals surface area contributed by atoms with E-state index in [0.29, 0.717) is 11.8 Å². The van der Waals surface area contributed by atoms with Crippen LogP contribution in [0, 0.1) is 34.5 Å². The Labute approximate surface area is 150 Å². The molecule has 1 fully saturated rings. The molecule has 0 aromatic rings. The van der Waals surface area contributed by atoms with Crippen molar-refractivity contribution in [2.75, 3.05) is 0 Å². The Morgan fingerprint density at radius 1 is 1.40 bits per heavy atom. The zero-order valence-corrected chi connectivity index (χ0v) is 15.2. The monoisotopic (exact) mass is 337 g/mol. The van der Waals surface area contributed by atoms with Crippen LogP contribution in [-0.2, 0) is 4.79 Å². The summed E-state index contributed by atoms with van der Waals surface area (Å²) in [6.45, 7) is 4.18. The van der Waals surface area contributed by atoms with Gasteiger partial charge in [0.25, 0.3) is 0 Å². The smallest absolute Gasteiger partial charge is 0.159 e. The number of carbonyl (C=O) groups excluding carboxylic acids is 1. The van der Waals surface area contributed by atoms with E-state index in [1.165, 1.54) is 16.7 Å². The van der Waals surface area contributed by atoms with E-state index in [4.69, 9.17) is 0 Å². The zero-order chi connectivity index (χ0) is 17.8. The Morgan fingerprint density at radius 2 is 2.20 bits per heavy atom. The molecule has 0 aliphatic heterocycles. The second kappa shape index (κ2) is 5.68. The number of carbonyl (C=O) groups is 1. The van der Waals surface area contributed by atoms with E-state index in [0.717, 1.165) is 38.5 Å². The van der Waals surface area contributed by atoms with Gasteiger partial charge in [-0.1, -0.05) is 26.0 Å². The molecular weight excluding hydrogens is 310 g/mol. The van der Waals surface area contributed by atoms with Gasteiger partial charge in [-0.05, 0) is 73.2 Å². The van der Waals surface area contributed by atoms with Crippen LogP contribution in [0.5, 0.6) is 0 Å². The number of aliphatic hydroxyl groups is 1. The number of nitriles is 1. The second-order valence-corrected chi connectivity index (χ2v) is 8.50. The summed E-state index contributed by atoms with van der Waals surface area (Å²) in [5, 5.41) is 20.5. The van der Waals surface area contributed by atoms with Crippen LogP contribution in [0.2, 0.25) is 0 Å². The molecule has 0 amide bonds. The van der Waals surface area contributed by atoms with Gasteiger partial charge in [-0.2, -0.15) is 5.26 Å². The Balaban J connectivity index is 1.82. The number of ketones is 1. The van der Waals surface area contributed by atoms with Crippen LogP contribution in [0.25, 0.3) is 0 Å². The topological polar surface area (TPSA) is 61.1 Å². The van der Waals surface area contributed by atoms with E-state index in [1.807, 2.05) is 13.0 Å². The lowest BCUT2D eigenvalue weighted by Crippen LogP contribution is -2.49. The Bertz CT molecular complexity index is 752. The van der Waals surface area contributed by atoms with Gasteiger partial charge < -0.3 is 5.11 Å². The number of hydrogen-bond donors (Lipinski definition) is 1. The Morgan fingerprint density at radius 3 is 2.92 bits per heavy atom. The van der Waals surface area contributed by atoms with Crippen molar-refractivity contribution in [2.24, 2.45) is 23.2 Å². The average molecular weight is 337 g/mol. The van der Waals surface area contributed by atoms with Crippen LogP contribution < -0.4 is 0 Å². The molecule has 3 nitrogen and oxygen atoms in total. The van der Waals surface area contributed by atoms with Gasteiger partial charge in [0.2, 0.25) is 0 Å². The van der Waals surface area contributed by atoms with E-state index in [9.17, 15) is 15.2 Å². The highest BCUT2D eigenvalue weighted by atomic mass is 16.3. The third kappa shape index (κ3) is 2.16. The molecule has 0 radical (unpaired) electrons. The van der Waals surface area contributed by atoms with E-state index in [2.05, 4.69) is 25.1 Å². The molecule has 5 atom stereocenters. The molecule has 0 aromatic carbocycles. The van der Waals surface area contributed by atoms with Crippen molar-refractivity contribution in [1.82, 2.24) is 0 Å². The summed E-state index contributed by atoms with van der Waals surface area (Å²) in [7, 11) is 0. The fourth-order valence-corrected chi connectivity index (χ4v) is 6.20. The quantitative estimate of drug-likeness (QED) is 0.819. The fourth-order valence-electron chi connectivity index (χ4n) is 6.20. The van der Waals surface area contributed by atoms with Gasteiger partial charge in [-0.15, -0.1) is 0 Å². The van der Waals surface area contributed by atoms with Crippen LogP contribution in [-0.4, -0.2) is 16.5 Å². The SMILES string of the molecule is CC[C@]12C=CC3=C4C[C@@H](C)C(=O)C=C4CC[C@H]3[C@@H]1CC[C@@]2(O)CC#N. The lowest BCUT2D eigenvalue weighted by Gasteiger charge is -2.49. The van der Waals surface area contributed by atoms with Crippen molar-refractivity contribution in [3.8, 4) is 6.07 Å². The number of fused-ring (bicyclic) bond motifs is 4. The minimum Gasteiger partial charge on any atom is -0.388 e. The van der Waals surface area contributed by atoms with Gasteiger partial charge in [-0.25, -0.2) is 0 Å². The molecule has 0 bridgehead atoms. The minimum atomic E-state index is -0.889. The highest BCUT2D eigenvalue weighted by molar-refractivity contribution is 5.94. The highest BCUT2D eigenvalue weighted by Gasteiger charge is 2.60. The summed E-state index contributed by atoms with van der Waals surface area (Å²) in [6.07, 6.45) is 12.0. The molecule has 0 aromatic heterocycles. The average Bonchev–Trinajstić information content (AvgIpc) is 2.89. The molecule has 4 rings (SSSR count). The molecule has 132 valence electrons. The van der Waals surface area contributed by atoms with Gasteiger partial charge in [0.05, 0.1) is 18.1 Å². The van der Waals surface area contributed by atoms with Crippen molar-refractivity contribution < 1.29 is 9.90 Å². The first-order valence-electron chi connectivity index (χ1n) is 9.72. The molecule has 1 N–H and O–H groups in total. The van der Waals surface area contributed by atoms with E-state index >= 15 is 0 Å². The van der Waals surface area contributed by atoms with E-state index in [-0.39, 0.29) is 23.5 Å². The first-order valence-corrected chi connectivity index (χ1v) is 9.72. The van der Waals surface area contributed by atoms with Gasteiger partial charge in [0.15, 0.2) is 5.78 Å². The maximum atomic E-state index is 12.1. The Hall–Kier alpha value is -1.66. The lowest BCUT2D eigenvalue weighted by molar-refractivity contribution is -0.118. The predicted molar refractivity (Wildman–Crippen MR) is 96.4 cm³/mol. The minimum absolute atomic E-state index is 0.0790. The molecular formula is C22H27NO2. The standard InChI is InChI=1S/C22H27NO2/c1-3-21-8-6-16-17(19(21)7-9-22(21,25)10-11-23)5-4-15-13-20(24)14(2)12-18(15)16/h6,8,13-14,17,19,25H,3-5,7,9-10,12H2,1-2H3/t14-,17-,19+,21+,22-/m1/s1. The van der Waals surface area contributed by atoms with Crippen molar-refractivity contribution in [3.05, 3.63) is 34.9 Å². The third-order valence-corrected chi connectivity index (χ3v) is 7.57. The molecule has 0 saturated heterocycles. The van der Waals surface area contributed by atoms with E-state index < -0.39 is 5.60 Å². The molecule has 0 spiro atoms. The molecule has 0 heterocycles. The summed E-state index contributed by atoms with van der Waals surface area (Å²) < 4.78 is 0. The normalized spacial score (nSPS) is 42.4. The molecule has 3 heteroatoms. The third-order valence-electron chi connectivity index (χ3n) is 7.57. The number of hydrogen-bond acceptors (Lipinski definition) is 3. The van der Waals surface area contributed by atoms with Gasteiger partial charge in [-0.3, -0.25) is 4.79 Å². The van der Waals surface area contributed by atoms with Gasteiger partial charge in [0, 0.05) is 11.3 Å². The molecule has 4 aliphatic rings. The van der Waals surface area contributed by atoms with Crippen LogP contribution in [0.15, 0.2) is 34.9 Å². The lowest BCUT2D eigenvalue weighted by atomic mass is 9.56. The van der Waals surface area contributed by atoms with Crippen LogP contribution in [0.4, 0.5) is 0 Å². The Kier molecular flexibility index (Phi) is 3.81. The van der Waals surface area contributed by atoms with Gasteiger partial charge in [0.1, 0.15) is 0 Å². The summed E-state index contributed by atoms with van der Waals surface area (Å²) in [5.74, 6) is 1.23. The van der Waals surface area contributed by atoms with E-state index in [1.54, 1.807) is 0 Å². The highest BCUT2D eigenvalue weighted by Crippen LogP contribution is 2.63. The van der Waals surface area contributed by atoms with Crippen molar-refractivity contribution >= 4 is 5.78 Å². The first-order chi connectivity index (χ1) is 12.0. The fraction of sp³-hybridized carbons (Fsp3) is 0.636. The molecule has 25 heavy (non-hydrogen) atoms. The zero-order valence-electron chi connectivity index (χ0n) is 15.2. The van der Waals surface area contributed by atoms with Gasteiger partial charge >= 0.3 is 0 Å². The summed E-state index contributed by atoms with van der Waals surface area (Å²) in [6, 6.07) is 2.23. The second-order valence-electron chi connectivity index (χ2n) is 8.50. The molecule has 4 aliphatic carbocycles. The summed E-state index contributed by atoms with van der Waals surface area (Å²) in [5.41, 5.74) is 2.88. The molecule has 0 unspecified atom stereocenters. The molecule has 1 saturated carbocycles. The van der Waals surface area contributed by atoms with Crippen LogP contribution in [0.3, 0.4) is 0 Å². The van der Waals surface area contributed by atoms with Crippen LogP contribution >= 0.6 is 0 Å².